The molecule has 2 N–H and O–H groups in total. The fourth-order valence-electron chi connectivity index (χ4n) is 0.737. The first-order valence-corrected chi connectivity index (χ1v) is 2.84. The molecule has 0 aromatic carbocycles. The Morgan fingerprint density at radius 3 is 3.00 bits per heavy atom. The third-order valence-corrected chi connectivity index (χ3v) is 1.30. The van der Waals surface area contributed by atoms with Crippen LogP contribution in [0.25, 0.3) is 0 Å². The third kappa shape index (κ3) is 1.16. The second kappa shape index (κ2) is 2.44. The molecule has 0 saturated heterocycles. The van der Waals surface area contributed by atoms with Crippen LogP contribution in [0.15, 0.2) is 17.3 Å². The van der Waals surface area contributed by atoms with Crippen molar-refractivity contribution in [2.45, 2.75) is 6.42 Å². The Hall–Kier alpha value is -1.12. The minimum Gasteiger partial charge on any atom is -0.235 e. The second-order valence-corrected chi connectivity index (χ2v) is 1.94. The van der Waals surface area contributed by atoms with Crippen molar-refractivity contribution in [3.05, 3.63) is 12.2 Å². The average Bonchev–Trinajstić information content (AvgIpc) is 1.89. The maximum Gasteiger partial charge on any atom is 0.326 e. The molecule has 48 valence electrons. The number of hydrogen-bond donors (Lipinski definition) is 1. The van der Waals surface area contributed by atoms with Crippen LogP contribution < -0.4 is 5.84 Å². The maximum atomic E-state index is 5.09. The Bertz CT molecular complexity index is 188. The Balaban J connectivity index is 2.83. The smallest absolute Gasteiger partial charge is 0.235 e. The highest BCUT2D eigenvalue weighted by molar-refractivity contribution is 5.84. The Morgan fingerprint density at radius 1 is 1.78 bits per heavy atom. The zero-order valence-electron chi connectivity index (χ0n) is 5.41. The Morgan fingerprint density at radius 2 is 2.56 bits per heavy atom. The molecule has 0 saturated carbocycles. The molecule has 9 heavy (non-hydrogen) atoms. The van der Waals surface area contributed by atoms with Gasteiger partial charge in [0.1, 0.15) is 0 Å². The van der Waals surface area contributed by atoms with Crippen molar-refractivity contribution in [3.8, 4) is 0 Å². The van der Waals surface area contributed by atoms with Gasteiger partial charge < -0.3 is 0 Å². The van der Waals surface area contributed by atoms with Crippen LogP contribution in [0, 0.1) is 0 Å². The van der Waals surface area contributed by atoms with Crippen molar-refractivity contribution in [2.24, 2.45) is 10.9 Å². The fraction of sp³-hybridized carbons (Fsp3) is 0.333. The highest BCUT2D eigenvalue weighted by Crippen LogP contribution is 1.92. The van der Waals surface area contributed by atoms with Gasteiger partial charge in [-0.1, -0.05) is 6.08 Å². The predicted octanol–water partition coefficient (Wildman–Crippen LogP) is -0.0684. The van der Waals surface area contributed by atoms with Crippen molar-refractivity contribution in [1.82, 2.24) is 0 Å². The van der Waals surface area contributed by atoms with Gasteiger partial charge in [-0.05, 0) is 6.08 Å². The summed E-state index contributed by atoms with van der Waals surface area (Å²) in [5.41, 5.74) is 0. The van der Waals surface area contributed by atoms with Crippen molar-refractivity contribution in [1.29, 1.82) is 0 Å². The van der Waals surface area contributed by atoms with E-state index < -0.39 is 0 Å². The van der Waals surface area contributed by atoms with Crippen LogP contribution in [0.3, 0.4) is 0 Å². The Labute approximate surface area is 54.2 Å². The number of hydrogen-bond acceptors (Lipinski definition) is 2. The van der Waals surface area contributed by atoms with Crippen LogP contribution in [0.4, 0.5) is 0 Å². The molecule has 1 rings (SSSR count). The van der Waals surface area contributed by atoms with Gasteiger partial charge in [-0.25, -0.2) is 10.4 Å². The molecule has 0 spiro atoms. The molecule has 3 heteroatoms. The number of nitrogens with two attached hydrogens (primary N) is 1. The van der Waals surface area contributed by atoms with Crippen molar-refractivity contribution in [3.63, 3.8) is 0 Å². The molecule has 0 bridgehead atoms. The minimum absolute atomic E-state index is 0.837. The third-order valence-electron chi connectivity index (χ3n) is 1.30. The van der Waals surface area contributed by atoms with E-state index in [1.807, 2.05) is 30.0 Å². The normalized spacial score (nSPS) is 22.3. The summed E-state index contributed by atoms with van der Waals surface area (Å²) in [5, 5.41) is 3.59. The van der Waals surface area contributed by atoms with Gasteiger partial charge in [0, 0.05) is 5.10 Å². The summed E-state index contributed by atoms with van der Waals surface area (Å²) in [5.74, 6) is 5.99. The summed E-state index contributed by atoms with van der Waals surface area (Å²) in [6.45, 7) is 0. The highest BCUT2D eigenvalue weighted by atomic mass is 15.2. The number of hydrazone groups is 1. The monoisotopic (exact) mass is 124 g/mol. The average molecular weight is 124 g/mol. The number of nitrogens with zero attached hydrogens (tertiary/aromatic N) is 2. The maximum absolute atomic E-state index is 5.09. The quantitative estimate of drug-likeness (QED) is 0.274. The first-order valence-electron chi connectivity index (χ1n) is 2.84. The zero-order valence-corrected chi connectivity index (χ0v) is 5.41. The van der Waals surface area contributed by atoms with Gasteiger partial charge in [-0.15, -0.1) is 0 Å². The van der Waals surface area contributed by atoms with Crippen LogP contribution in [0.1, 0.15) is 6.42 Å². The molecular formula is C6H10N3+. The lowest BCUT2D eigenvalue weighted by Gasteiger charge is -1.98. The number of allylic oxidation sites excluding steroid dienone is 1. The van der Waals surface area contributed by atoms with Crippen LogP contribution in [-0.2, 0) is 0 Å². The lowest BCUT2D eigenvalue weighted by molar-refractivity contribution is -0.368. The fourth-order valence-corrected chi connectivity index (χ4v) is 0.737. The van der Waals surface area contributed by atoms with E-state index in [1.165, 1.54) is 0 Å². The van der Waals surface area contributed by atoms with Gasteiger partial charge in [0.25, 0.3) is 0 Å². The summed E-state index contributed by atoms with van der Waals surface area (Å²) in [6, 6.07) is 0. The molecule has 0 atom stereocenters. The van der Waals surface area contributed by atoms with E-state index in [0.29, 0.717) is 0 Å². The SMILES string of the molecule is C[N+]1=CC=CC/C1=N/N. The van der Waals surface area contributed by atoms with E-state index in [-0.39, 0.29) is 0 Å². The first kappa shape index (κ1) is 6.01. The molecule has 3 nitrogen and oxygen atoms in total. The Kier molecular flexibility index (Phi) is 1.63. The van der Waals surface area contributed by atoms with Crippen molar-refractivity contribution < 1.29 is 4.58 Å². The zero-order chi connectivity index (χ0) is 6.69. The molecule has 1 heterocycles. The lowest BCUT2D eigenvalue weighted by Crippen LogP contribution is -2.20. The molecule has 0 unspecified atom stereocenters. The van der Waals surface area contributed by atoms with Crippen molar-refractivity contribution in [2.75, 3.05) is 7.05 Å². The molecule has 0 aromatic heterocycles. The summed E-state index contributed by atoms with van der Waals surface area (Å²) in [6.07, 6.45) is 6.76. The standard InChI is InChI=1S/C6H10N3/c1-9-5-3-2-4-6(9)8-7/h2-3,5H,4,7H2,1H3/q+1/b8-6-. The molecule has 0 aromatic rings. The van der Waals surface area contributed by atoms with E-state index in [9.17, 15) is 0 Å². The molecule has 0 fully saturated rings. The minimum atomic E-state index is 0.837. The van der Waals surface area contributed by atoms with Gasteiger partial charge >= 0.3 is 5.84 Å². The van der Waals surface area contributed by atoms with Crippen LogP contribution >= 0.6 is 0 Å². The van der Waals surface area contributed by atoms with E-state index in [1.54, 1.807) is 0 Å². The molecular weight excluding hydrogens is 114 g/mol. The van der Waals surface area contributed by atoms with Crippen molar-refractivity contribution >= 4 is 12.1 Å². The van der Waals surface area contributed by atoms with Gasteiger partial charge in [0.15, 0.2) is 0 Å². The first-order chi connectivity index (χ1) is 4.34. The van der Waals surface area contributed by atoms with E-state index >= 15 is 0 Å². The summed E-state index contributed by atoms with van der Waals surface area (Å²) in [4.78, 5) is 0. The number of rotatable bonds is 0. The lowest BCUT2D eigenvalue weighted by atomic mass is 10.3. The van der Waals surface area contributed by atoms with Crippen LogP contribution in [0.2, 0.25) is 0 Å². The van der Waals surface area contributed by atoms with Crippen LogP contribution in [0.5, 0.6) is 0 Å². The summed E-state index contributed by atoms with van der Waals surface area (Å²) in [7, 11) is 1.93. The summed E-state index contributed by atoms with van der Waals surface area (Å²) < 4.78 is 1.90. The number of amidine groups is 1. The second-order valence-electron chi connectivity index (χ2n) is 1.94. The predicted molar refractivity (Wildman–Crippen MR) is 37.6 cm³/mol. The molecule has 0 radical (unpaired) electrons. The molecule has 0 aliphatic carbocycles. The van der Waals surface area contributed by atoms with Gasteiger partial charge in [-0.2, -0.15) is 0 Å². The molecule has 1 aliphatic heterocycles. The van der Waals surface area contributed by atoms with E-state index in [0.717, 1.165) is 12.3 Å². The highest BCUT2D eigenvalue weighted by Gasteiger charge is 2.09. The topological polar surface area (TPSA) is 41.4 Å². The molecule has 0 amide bonds. The van der Waals surface area contributed by atoms with Gasteiger partial charge in [0.05, 0.1) is 19.7 Å². The van der Waals surface area contributed by atoms with Crippen LogP contribution in [-0.4, -0.2) is 23.7 Å². The summed E-state index contributed by atoms with van der Waals surface area (Å²) >= 11 is 0. The van der Waals surface area contributed by atoms with Gasteiger partial charge in [0.2, 0.25) is 0 Å². The largest absolute Gasteiger partial charge is 0.326 e. The van der Waals surface area contributed by atoms with Gasteiger partial charge in [-0.3, -0.25) is 0 Å². The van der Waals surface area contributed by atoms with E-state index in [4.69, 9.17) is 5.84 Å². The van der Waals surface area contributed by atoms with E-state index in [2.05, 4.69) is 5.10 Å². The molecule has 1 aliphatic rings.